The van der Waals surface area contributed by atoms with E-state index in [9.17, 15) is 5.11 Å². The minimum atomic E-state index is -0.485. The summed E-state index contributed by atoms with van der Waals surface area (Å²) in [4.78, 5) is 0. The van der Waals surface area contributed by atoms with Crippen molar-refractivity contribution in [3.63, 3.8) is 0 Å². The highest BCUT2D eigenvalue weighted by molar-refractivity contribution is 5.35. The van der Waals surface area contributed by atoms with Crippen LogP contribution < -0.4 is 4.74 Å². The summed E-state index contributed by atoms with van der Waals surface area (Å²) in [5, 5.41) is 9.44. The molecule has 0 aromatic heterocycles. The van der Waals surface area contributed by atoms with Gasteiger partial charge in [0.25, 0.3) is 0 Å². The van der Waals surface area contributed by atoms with E-state index in [4.69, 9.17) is 9.47 Å². The van der Waals surface area contributed by atoms with Crippen LogP contribution in [0.3, 0.4) is 0 Å². The first kappa shape index (κ1) is 11.0. The molecular weight excluding hydrogens is 180 g/mol. The quantitative estimate of drug-likeness (QED) is 0.799. The Morgan fingerprint density at radius 2 is 2.00 bits per heavy atom. The Hall–Kier alpha value is -1.06. The zero-order valence-corrected chi connectivity index (χ0v) is 8.78. The molecule has 14 heavy (non-hydrogen) atoms. The highest BCUT2D eigenvalue weighted by Crippen LogP contribution is 2.22. The molecule has 0 radical (unpaired) electrons. The fourth-order valence-electron chi connectivity index (χ4n) is 1.30. The molecule has 0 fully saturated rings. The van der Waals surface area contributed by atoms with Crippen molar-refractivity contribution in [1.82, 2.24) is 0 Å². The number of ether oxygens (including phenoxy) is 2. The van der Waals surface area contributed by atoms with Gasteiger partial charge >= 0.3 is 0 Å². The van der Waals surface area contributed by atoms with E-state index >= 15 is 0 Å². The van der Waals surface area contributed by atoms with Gasteiger partial charge in [0.05, 0.1) is 19.8 Å². The Labute approximate surface area is 84.3 Å². The van der Waals surface area contributed by atoms with Gasteiger partial charge in [-0.25, -0.2) is 0 Å². The SMILES string of the molecule is COCc1cc(OC)cc(C(C)O)c1. The molecule has 1 atom stereocenters. The molecule has 0 amide bonds. The number of methoxy groups -OCH3 is 2. The third-order valence-corrected chi connectivity index (χ3v) is 2.02. The number of hydrogen-bond donors (Lipinski definition) is 1. The second-order valence-corrected chi connectivity index (χ2v) is 3.22. The summed E-state index contributed by atoms with van der Waals surface area (Å²) in [5.74, 6) is 0.746. The predicted molar refractivity (Wildman–Crippen MR) is 54.3 cm³/mol. The molecule has 0 aliphatic carbocycles. The molecule has 0 saturated carbocycles. The van der Waals surface area contributed by atoms with E-state index in [0.717, 1.165) is 16.9 Å². The third-order valence-electron chi connectivity index (χ3n) is 2.02. The summed E-state index contributed by atoms with van der Waals surface area (Å²) >= 11 is 0. The van der Waals surface area contributed by atoms with Crippen LogP contribution in [0.2, 0.25) is 0 Å². The number of aliphatic hydroxyl groups is 1. The summed E-state index contributed by atoms with van der Waals surface area (Å²) < 4.78 is 10.2. The molecule has 1 N–H and O–H groups in total. The molecule has 1 aromatic rings. The minimum absolute atomic E-state index is 0.485. The molecule has 0 heterocycles. The van der Waals surface area contributed by atoms with Gasteiger partial charge in [-0.2, -0.15) is 0 Å². The third kappa shape index (κ3) is 2.72. The summed E-state index contributed by atoms with van der Waals surface area (Å²) in [6.07, 6.45) is -0.485. The molecule has 3 heteroatoms. The van der Waals surface area contributed by atoms with Gasteiger partial charge in [0, 0.05) is 7.11 Å². The van der Waals surface area contributed by atoms with Gasteiger partial charge in [0.1, 0.15) is 5.75 Å². The van der Waals surface area contributed by atoms with Crippen molar-refractivity contribution in [1.29, 1.82) is 0 Å². The minimum Gasteiger partial charge on any atom is -0.497 e. The smallest absolute Gasteiger partial charge is 0.119 e. The highest BCUT2D eigenvalue weighted by atomic mass is 16.5. The van der Waals surface area contributed by atoms with Crippen molar-refractivity contribution < 1.29 is 14.6 Å². The molecule has 0 saturated heterocycles. The van der Waals surface area contributed by atoms with Gasteiger partial charge in [0.2, 0.25) is 0 Å². The van der Waals surface area contributed by atoms with Crippen molar-refractivity contribution >= 4 is 0 Å². The average molecular weight is 196 g/mol. The topological polar surface area (TPSA) is 38.7 Å². The van der Waals surface area contributed by atoms with E-state index < -0.39 is 6.10 Å². The number of rotatable bonds is 4. The van der Waals surface area contributed by atoms with Crippen LogP contribution in [0.15, 0.2) is 18.2 Å². The van der Waals surface area contributed by atoms with E-state index in [1.807, 2.05) is 18.2 Å². The fourth-order valence-corrected chi connectivity index (χ4v) is 1.30. The molecule has 78 valence electrons. The Morgan fingerprint density at radius 1 is 1.29 bits per heavy atom. The van der Waals surface area contributed by atoms with Crippen LogP contribution in [0, 0.1) is 0 Å². The van der Waals surface area contributed by atoms with E-state index in [-0.39, 0.29) is 0 Å². The van der Waals surface area contributed by atoms with E-state index in [2.05, 4.69) is 0 Å². The second-order valence-electron chi connectivity index (χ2n) is 3.22. The molecule has 0 bridgehead atoms. The van der Waals surface area contributed by atoms with E-state index in [1.54, 1.807) is 21.1 Å². The molecule has 0 aliphatic rings. The Bertz CT molecular complexity index is 295. The largest absolute Gasteiger partial charge is 0.497 e. The van der Waals surface area contributed by atoms with Crippen molar-refractivity contribution in [2.24, 2.45) is 0 Å². The lowest BCUT2D eigenvalue weighted by Gasteiger charge is -2.10. The summed E-state index contributed by atoms with van der Waals surface area (Å²) in [5.41, 5.74) is 1.85. The molecule has 1 unspecified atom stereocenters. The van der Waals surface area contributed by atoms with Crippen molar-refractivity contribution in [2.45, 2.75) is 19.6 Å². The summed E-state index contributed by atoms with van der Waals surface area (Å²) in [7, 11) is 3.25. The Morgan fingerprint density at radius 3 is 2.50 bits per heavy atom. The Balaban J connectivity index is 3.00. The molecule has 0 spiro atoms. The van der Waals surface area contributed by atoms with E-state index in [0.29, 0.717) is 6.61 Å². The zero-order chi connectivity index (χ0) is 10.6. The fraction of sp³-hybridized carbons (Fsp3) is 0.455. The van der Waals surface area contributed by atoms with Gasteiger partial charge in [0.15, 0.2) is 0 Å². The summed E-state index contributed by atoms with van der Waals surface area (Å²) in [6, 6.07) is 5.63. The van der Waals surface area contributed by atoms with Crippen molar-refractivity contribution in [3.8, 4) is 5.75 Å². The van der Waals surface area contributed by atoms with Crippen molar-refractivity contribution in [3.05, 3.63) is 29.3 Å². The van der Waals surface area contributed by atoms with Gasteiger partial charge < -0.3 is 14.6 Å². The van der Waals surface area contributed by atoms with Gasteiger partial charge in [-0.15, -0.1) is 0 Å². The molecule has 3 nitrogen and oxygen atoms in total. The maximum atomic E-state index is 9.44. The first-order chi connectivity index (χ1) is 6.67. The maximum Gasteiger partial charge on any atom is 0.119 e. The lowest BCUT2D eigenvalue weighted by Crippen LogP contribution is -1.96. The number of benzene rings is 1. The van der Waals surface area contributed by atoms with Crippen LogP contribution in [0.25, 0.3) is 0 Å². The zero-order valence-electron chi connectivity index (χ0n) is 8.78. The maximum absolute atomic E-state index is 9.44. The second kappa shape index (κ2) is 4.98. The predicted octanol–water partition coefficient (Wildman–Crippen LogP) is 1.89. The average Bonchev–Trinajstić information content (AvgIpc) is 2.17. The van der Waals surface area contributed by atoms with Gasteiger partial charge in [-0.05, 0) is 30.2 Å². The normalized spacial score (nSPS) is 12.6. The van der Waals surface area contributed by atoms with Crippen LogP contribution in [-0.4, -0.2) is 19.3 Å². The van der Waals surface area contributed by atoms with Crippen LogP contribution in [0.5, 0.6) is 5.75 Å². The first-order valence-electron chi connectivity index (χ1n) is 4.52. The lowest BCUT2D eigenvalue weighted by molar-refractivity contribution is 0.182. The van der Waals surface area contributed by atoms with Gasteiger partial charge in [-0.3, -0.25) is 0 Å². The standard InChI is InChI=1S/C11H16O3/c1-8(12)10-4-9(7-13-2)5-11(6-10)14-3/h4-6,8,12H,7H2,1-3H3. The highest BCUT2D eigenvalue weighted by Gasteiger charge is 2.05. The van der Waals surface area contributed by atoms with Crippen LogP contribution in [0.4, 0.5) is 0 Å². The molecule has 0 aliphatic heterocycles. The number of aliphatic hydroxyl groups excluding tert-OH is 1. The van der Waals surface area contributed by atoms with Crippen molar-refractivity contribution in [2.75, 3.05) is 14.2 Å². The Kier molecular flexibility index (Phi) is 3.92. The lowest BCUT2D eigenvalue weighted by atomic mass is 10.1. The molecular formula is C11H16O3. The van der Waals surface area contributed by atoms with Crippen LogP contribution in [0.1, 0.15) is 24.2 Å². The first-order valence-corrected chi connectivity index (χ1v) is 4.52. The summed E-state index contributed by atoms with van der Waals surface area (Å²) in [6.45, 7) is 2.25. The molecule has 1 aromatic carbocycles. The van der Waals surface area contributed by atoms with Gasteiger partial charge in [-0.1, -0.05) is 6.07 Å². The van der Waals surface area contributed by atoms with Crippen LogP contribution >= 0.6 is 0 Å². The van der Waals surface area contributed by atoms with Crippen LogP contribution in [-0.2, 0) is 11.3 Å². The number of hydrogen-bond acceptors (Lipinski definition) is 3. The van der Waals surface area contributed by atoms with E-state index in [1.165, 1.54) is 0 Å². The molecule has 1 rings (SSSR count). The monoisotopic (exact) mass is 196 g/mol.